The second kappa shape index (κ2) is 7.45. The minimum atomic E-state index is -0.917. The number of aryl methyl sites for hydroxylation is 1. The molecule has 0 bridgehead atoms. The standard InChI is InChI=1S/C20H20O3/c1-14-7-5-11-17(19(14)21)12-6-10-16-8-3-4-9-18(16)13-15(2)20(22)23/h3-9,11-13,21H,10H2,1-2H3,(H,22,23). The van der Waals surface area contributed by atoms with Crippen LogP contribution in [0.25, 0.3) is 12.2 Å². The third kappa shape index (κ3) is 4.33. The van der Waals surface area contributed by atoms with Crippen molar-refractivity contribution in [2.24, 2.45) is 0 Å². The van der Waals surface area contributed by atoms with E-state index in [1.807, 2.05) is 61.5 Å². The van der Waals surface area contributed by atoms with Gasteiger partial charge in [-0.2, -0.15) is 0 Å². The number of rotatable bonds is 5. The highest BCUT2D eigenvalue weighted by molar-refractivity contribution is 5.91. The smallest absolute Gasteiger partial charge is 0.331 e. The molecule has 23 heavy (non-hydrogen) atoms. The van der Waals surface area contributed by atoms with E-state index in [9.17, 15) is 9.90 Å². The maximum absolute atomic E-state index is 11.0. The molecule has 2 aromatic rings. The molecule has 0 aliphatic heterocycles. The Kier molecular flexibility index (Phi) is 5.36. The number of carbonyl (C=O) groups is 1. The molecular formula is C20H20O3. The van der Waals surface area contributed by atoms with Crippen LogP contribution in [0.5, 0.6) is 5.75 Å². The molecule has 0 amide bonds. The Hall–Kier alpha value is -2.81. The first-order valence-corrected chi connectivity index (χ1v) is 7.43. The molecule has 0 saturated carbocycles. The van der Waals surface area contributed by atoms with Crippen molar-refractivity contribution < 1.29 is 15.0 Å². The Morgan fingerprint density at radius 1 is 1.09 bits per heavy atom. The highest BCUT2D eigenvalue weighted by Gasteiger charge is 2.03. The van der Waals surface area contributed by atoms with Gasteiger partial charge in [0, 0.05) is 11.1 Å². The summed E-state index contributed by atoms with van der Waals surface area (Å²) in [7, 11) is 0. The lowest BCUT2D eigenvalue weighted by atomic mass is 10.0. The number of aliphatic carboxylic acids is 1. The summed E-state index contributed by atoms with van der Waals surface area (Å²) in [6.07, 6.45) is 6.19. The van der Waals surface area contributed by atoms with Crippen molar-refractivity contribution >= 4 is 18.1 Å². The third-order valence-electron chi connectivity index (χ3n) is 3.67. The van der Waals surface area contributed by atoms with E-state index in [1.165, 1.54) is 0 Å². The number of phenols is 1. The van der Waals surface area contributed by atoms with Gasteiger partial charge in [-0.3, -0.25) is 0 Å². The van der Waals surface area contributed by atoms with Crippen LogP contribution in [0.4, 0.5) is 0 Å². The summed E-state index contributed by atoms with van der Waals surface area (Å²) >= 11 is 0. The van der Waals surface area contributed by atoms with Crippen LogP contribution in [0, 0.1) is 6.92 Å². The second-order valence-electron chi connectivity index (χ2n) is 5.45. The van der Waals surface area contributed by atoms with Gasteiger partial charge in [-0.05, 0) is 43.0 Å². The number of hydrogen-bond acceptors (Lipinski definition) is 2. The predicted molar refractivity (Wildman–Crippen MR) is 93.3 cm³/mol. The molecule has 0 aliphatic rings. The molecule has 0 fully saturated rings. The van der Waals surface area contributed by atoms with Crippen LogP contribution in [0.2, 0.25) is 0 Å². The molecule has 3 nitrogen and oxygen atoms in total. The Morgan fingerprint density at radius 2 is 1.78 bits per heavy atom. The topological polar surface area (TPSA) is 57.5 Å². The van der Waals surface area contributed by atoms with E-state index in [0.717, 1.165) is 22.3 Å². The number of phenolic OH excluding ortho intramolecular Hbond substituents is 1. The van der Waals surface area contributed by atoms with Crippen LogP contribution in [0.1, 0.15) is 29.2 Å². The summed E-state index contributed by atoms with van der Waals surface area (Å²) in [5, 5.41) is 19.0. The first-order chi connectivity index (χ1) is 11.0. The summed E-state index contributed by atoms with van der Waals surface area (Å²) in [5.74, 6) is -0.626. The van der Waals surface area contributed by atoms with E-state index < -0.39 is 5.97 Å². The van der Waals surface area contributed by atoms with Gasteiger partial charge in [-0.1, -0.05) is 54.6 Å². The fourth-order valence-corrected chi connectivity index (χ4v) is 2.28. The van der Waals surface area contributed by atoms with Crippen molar-refractivity contribution in [1.82, 2.24) is 0 Å². The molecule has 0 aromatic heterocycles. The van der Waals surface area contributed by atoms with Gasteiger partial charge in [0.25, 0.3) is 0 Å². The average Bonchev–Trinajstić information content (AvgIpc) is 2.53. The maximum Gasteiger partial charge on any atom is 0.331 e. The van der Waals surface area contributed by atoms with Crippen LogP contribution in [-0.4, -0.2) is 16.2 Å². The first kappa shape index (κ1) is 16.6. The number of carboxylic acid groups (broad SMARTS) is 1. The van der Waals surface area contributed by atoms with Crippen LogP contribution < -0.4 is 0 Å². The SMILES string of the molecule is CC(=Cc1ccccc1CC=Cc1cccc(C)c1O)C(=O)O. The van der Waals surface area contributed by atoms with Crippen molar-refractivity contribution in [3.05, 3.63) is 76.4 Å². The summed E-state index contributed by atoms with van der Waals surface area (Å²) < 4.78 is 0. The van der Waals surface area contributed by atoms with E-state index in [-0.39, 0.29) is 0 Å². The van der Waals surface area contributed by atoms with Gasteiger partial charge >= 0.3 is 5.97 Å². The van der Waals surface area contributed by atoms with Crippen LogP contribution in [0.3, 0.4) is 0 Å². The summed E-state index contributed by atoms with van der Waals surface area (Å²) in [6, 6.07) is 13.3. The molecule has 2 aromatic carbocycles. The second-order valence-corrected chi connectivity index (χ2v) is 5.45. The number of carboxylic acids is 1. The number of benzene rings is 2. The number of hydrogen-bond donors (Lipinski definition) is 2. The predicted octanol–water partition coefficient (Wildman–Crippen LogP) is 4.44. The van der Waals surface area contributed by atoms with Gasteiger partial charge in [0.05, 0.1) is 0 Å². The van der Waals surface area contributed by atoms with E-state index in [1.54, 1.807) is 13.0 Å². The van der Waals surface area contributed by atoms with Crippen molar-refractivity contribution in [3.8, 4) is 5.75 Å². The minimum Gasteiger partial charge on any atom is -0.507 e. The Bertz CT molecular complexity index is 770. The molecule has 0 heterocycles. The van der Waals surface area contributed by atoms with Gasteiger partial charge in [0.1, 0.15) is 5.75 Å². The average molecular weight is 308 g/mol. The quantitative estimate of drug-likeness (QED) is 0.803. The molecule has 0 saturated heterocycles. The maximum atomic E-state index is 11.0. The van der Waals surface area contributed by atoms with Crippen molar-refractivity contribution in [2.75, 3.05) is 0 Å². The van der Waals surface area contributed by atoms with E-state index in [0.29, 0.717) is 17.7 Å². The summed E-state index contributed by atoms with van der Waals surface area (Å²) in [6.45, 7) is 3.45. The molecule has 2 N–H and O–H groups in total. The Balaban J connectivity index is 2.21. The van der Waals surface area contributed by atoms with Crippen molar-refractivity contribution in [3.63, 3.8) is 0 Å². The normalized spacial score (nSPS) is 11.8. The lowest BCUT2D eigenvalue weighted by molar-refractivity contribution is -0.132. The highest BCUT2D eigenvalue weighted by Crippen LogP contribution is 2.23. The molecule has 0 aliphatic carbocycles. The highest BCUT2D eigenvalue weighted by atomic mass is 16.4. The lowest BCUT2D eigenvalue weighted by Crippen LogP contribution is -1.96. The van der Waals surface area contributed by atoms with E-state index in [4.69, 9.17) is 5.11 Å². The number of aromatic hydroxyl groups is 1. The van der Waals surface area contributed by atoms with Crippen LogP contribution >= 0.6 is 0 Å². The number of para-hydroxylation sites is 1. The third-order valence-corrected chi connectivity index (χ3v) is 3.67. The van der Waals surface area contributed by atoms with Crippen molar-refractivity contribution in [1.29, 1.82) is 0 Å². The molecule has 0 atom stereocenters. The first-order valence-electron chi connectivity index (χ1n) is 7.43. The van der Waals surface area contributed by atoms with Crippen LogP contribution in [0.15, 0.2) is 54.1 Å². The molecule has 0 unspecified atom stereocenters. The zero-order chi connectivity index (χ0) is 16.8. The largest absolute Gasteiger partial charge is 0.507 e. The van der Waals surface area contributed by atoms with E-state index >= 15 is 0 Å². The monoisotopic (exact) mass is 308 g/mol. The van der Waals surface area contributed by atoms with Gasteiger partial charge in [0.2, 0.25) is 0 Å². The molecule has 0 spiro atoms. The molecule has 2 rings (SSSR count). The minimum absolute atomic E-state index is 0.290. The van der Waals surface area contributed by atoms with Gasteiger partial charge < -0.3 is 10.2 Å². The zero-order valence-electron chi connectivity index (χ0n) is 13.3. The molecule has 118 valence electrons. The molecule has 0 radical (unpaired) electrons. The molecular weight excluding hydrogens is 288 g/mol. The molecule has 3 heteroatoms. The fourth-order valence-electron chi connectivity index (χ4n) is 2.28. The van der Waals surface area contributed by atoms with E-state index in [2.05, 4.69) is 0 Å². The van der Waals surface area contributed by atoms with Gasteiger partial charge in [-0.15, -0.1) is 0 Å². The van der Waals surface area contributed by atoms with Crippen LogP contribution in [-0.2, 0) is 11.2 Å². The lowest BCUT2D eigenvalue weighted by Gasteiger charge is -2.05. The van der Waals surface area contributed by atoms with Gasteiger partial charge in [0.15, 0.2) is 0 Å². The fraction of sp³-hybridized carbons (Fsp3) is 0.150. The van der Waals surface area contributed by atoms with Gasteiger partial charge in [-0.25, -0.2) is 4.79 Å². The van der Waals surface area contributed by atoms with Crippen molar-refractivity contribution in [2.45, 2.75) is 20.3 Å². The summed E-state index contributed by atoms with van der Waals surface area (Å²) in [5.41, 5.74) is 3.85. The zero-order valence-corrected chi connectivity index (χ0v) is 13.3. The number of allylic oxidation sites excluding steroid dienone is 1. The summed E-state index contributed by atoms with van der Waals surface area (Å²) in [4.78, 5) is 11.0. The Morgan fingerprint density at radius 3 is 2.52 bits per heavy atom. The Labute approximate surface area is 136 Å².